The Balaban J connectivity index is 2.12. The highest BCUT2D eigenvalue weighted by Gasteiger charge is 2.29. The Morgan fingerprint density at radius 2 is 2.06 bits per heavy atom. The van der Waals surface area contributed by atoms with E-state index in [0.29, 0.717) is 16.9 Å². The Kier molecular flexibility index (Phi) is 2.84. The zero-order valence-electron chi connectivity index (χ0n) is 8.90. The molecule has 0 spiro atoms. The fourth-order valence-electron chi connectivity index (χ4n) is 1.67. The van der Waals surface area contributed by atoms with Crippen molar-refractivity contribution in [2.24, 2.45) is 0 Å². The van der Waals surface area contributed by atoms with E-state index in [1.807, 2.05) is 18.2 Å². The summed E-state index contributed by atoms with van der Waals surface area (Å²) in [6.45, 7) is 0. The topological polar surface area (TPSA) is 38.7 Å². The number of hydrogen-bond donors (Lipinski definition) is 0. The summed E-state index contributed by atoms with van der Waals surface area (Å²) in [7, 11) is 0. The largest absolute Gasteiger partial charge is 0.253 e. The van der Waals surface area contributed by atoms with E-state index in [-0.39, 0.29) is 0 Å². The molecule has 2 aromatic rings. The number of hydrogen-bond acceptors (Lipinski definition) is 3. The second-order valence-electron chi connectivity index (χ2n) is 4.03. The highest BCUT2D eigenvalue weighted by Crippen LogP contribution is 2.44. The molecule has 0 bridgehead atoms. The second kappa shape index (κ2) is 4.35. The Bertz CT molecular complexity index is 555. The molecule has 0 aliphatic heterocycles. The highest BCUT2D eigenvalue weighted by atomic mass is 79.9. The van der Waals surface area contributed by atoms with E-state index in [1.165, 1.54) is 12.8 Å². The second-order valence-corrected chi connectivity index (χ2v) is 5.18. The first kappa shape index (κ1) is 11.1. The van der Waals surface area contributed by atoms with Crippen molar-refractivity contribution in [3.8, 4) is 11.5 Å². The number of halogens is 2. The molecule has 0 aromatic carbocycles. The van der Waals surface area contributed by atoms with Crippen LogP contribution in [0.5, 0.6) is 0 Å². The molecule has 1 fully saturated rings. The van der Waals surface area contributed by atoms with E-state index < -0.39 is 0 Å². The van der Waals surface area contributed by atoms with Crippen molar-refractivity contribution in [3.63, 3.8) is 0 Å². The van der Waals surface area contributed by atoms with Gasteiger partial charge in [0.25, 0.3) is 0 Å². The van der Waals surface area contributed by atoms with Crippen molar-refractivity contribution in [1.82, 2.24) is 15.0 Å². The lowest BCUT2D eigenvalue weighted by Gasteiger charge is -2.06. The van der Waals surface area contributed by atoms with Crippen molar-refractivity contribution >= 4 is 27.5 Å². The van der Waals surface area contributed by atoms with Gasteiger partial charge in [0.2, 0.25) is 0 Å². The Hall–Kier alpha value is -1.00. The Morgan fingerprint density at radius 3 is 2.71 bits per heavy atom. The maximum Gasteiger partial charge on any atom is 0.179 e. The van der Waals surface area contributed by atoms with E-state index in [9.17, 15) is 0 Å². The third-order valence-electron chi connectivity index (χ3n) is 2.69. The lowest BCUT2D eigenvalue weighted by atomic mass is 10.2. The van der Waals surface area contributed by atoms with Gasteiger partial charge < -0.3 is 0 Å². The normalized spacial score (nSPS) is 14.9. The minimum absolute atomic E-state index is 0.461. The lowest BCUT2D eigenvalue weighted by Crippen LogP contribution is -1.98. The first-order valence-electron chi connectivity index (χ1n) is 5.40. The van der Waals surface area contributed by atoms with Crippen molar-refractivity contribution in [1.29, 1.82) is 0 Å². The number of aromatic nitrogens is 3. The summed E-state index contributed by atoms with van der Waals surface area (Å²) in [6.07, 6.45) is 4.08. The summed E-state index contributed by atoms with van der Waals surface area (Å²) in [5.74, 6) is 1.12. The average Bonchev–Trinajstić information content (AvgIpc) is 3.18. The fraction of sp³-hybridized carbons (Fsp3) is 0.250. The van der Waals surface area contributed by atoms with Gasteiger partial charge in [0.05, 0.1) is 10.2 Å². The molecule has 86 valence electrons. The lowest BCUT2D eigenvalue weighted by molar-refractivity contribution is 0.973. The molecule has 5 heteroatoms. The van der Waals surface area contributed by atoms with E-state index >= 15 is 0 Å². The average molecular weight is 311 g/mol. The zero-order valence-corrected chi connectivity index (χ0v) is 11.2. The van der Waals surface area contributed by atoms with Gasteiger partial charge in [-0.3, -0.25) is 4.98 Å². The highest BCUT2D eigenvalue weighted by molar-refractivity contribution is 9.10. The van der Waals surface area contributed by atoms with Gasteiger partial charge in [-0.15, -0.1) is 0 Å². The van der Waals surface area contributed by atoms with Crippen LogP contribution in [-0.2, 0) is 0 Å². The van der Waals surface area contributed by atoms with Gasteiger partial charge in [-0.25, -0.2) is 9.97 Å². The fourth-order valence-corrected chi connectivity index (χ4v) is 2.35. The molecule has 2 heterocycles. The van der Waals surface area contributed by atoms with Crippen molar-refractivity contribution in [2.45, 2.75) is 18.8 Å². The smallest absolute Gasteiger partial charge is 0.179 e. The van der Waals surface area contributed by atoms with Gasteiger partial charge in [0.1, 0.15) is 10.8 Å². The molecule has 1 saturated carbocycles. The van der Waals surface area contributed by atoms with Crippen LogP contribution in [0.4, 0.5) is 0 Å². The summed E-state index contributed by atoms with van der Waals surface area (Å²) in [5, 5.41) is 0.461. The number of pyridine rings is 1. The maximum atomic E-state index is 6.11. The summed E-state index contributed by atoms with van der Waals surface area (Å²) in [6, 6.07) is 5.67. The van der Waals surface area contributed by atoms with Crippen LogP contribution in [0, 0.1) is 0 Å². The maximum absolute atomic E-state index is 6.11. The Labute approximate surface area is 112 Å². The molecule has 17 heavy (non-hydrogen) atoms. The molecule has 0 atom stereocenters. The molecule has 0 unspecified atom stereocenters. The van der Waals surface area contributed by atoms with Gasteiger partial charge in [-0.1, -0.05) is 17.7 Å². The zero-order chi connectivity index (χ0) is 11.8. The van der Waals surface area contributed by atoms with Crippen molar-refractivity contribution < 1.29 is 0 Å². The third kappa shape index (κ3) is 2.19. The van der Waals surface area contributed by atoms with E-state index in [4.69, 9.17) is 11.6 Å². The molecule has 3 nitrogen and oxygen atoms in total. The van der Waals surface area contributed by atoms with Crippen molar-refractivity contribution in [3.05, 3.63) is 39.7 Å². The van der Waals surface area contributed by atoms with Crippen LogP contribution in [0.3, 0.4) is 0 Å². The summed E-state index contributed by atoms with van der Waals surface area (Å²) in [4.78, 5) is 13.1. The standard InChI is InChI=1S/C12H9BrClN3/c13-9-10(7-4-5-7)16-12(17-11(9)14)8-3-1-2-6-15-8/h1-3,6-7H,4-5H2. The van der Waals surface area contributed by atoms with Crippen LogP contribution < -0.4 is 0 Å². The SMILES string of the molecule is Clc1nc(-c2ccccn2)nc(C2CC2)c1Br. The first-order chi connectivity index (χ1) is 8.25. The number of rotatable bonds is 2. The van der Waals surface area contributed by atoms with E-state index in [1.54, 1.807) is 6.20 Å². The van der Waals surface area contributed by atoms with Crippen LogP contribution in [0.25, 0.3) is 11.5 Å². The summed E-state index contributed by atoms with van der Waals surface area (Å²) in [5.41, 5.74) is 1.76. The molecule has 0 saturated heterocycles. The van der Waals surface area contributed by atoms with Crippen LogP contribution in [0.1, 0.15) is 24.5 Å². The van der Waals surface area contributed by atoms with Crippen LogP contribution >= 0.6 is 27.5 Å². The first-order valence-corrected chi connectivity index (χ1v) is 6.57. The van der Waals surface area contributed by atoms with Crippen molar-refractivity contribution in [2.75, 3.05) is 0 Å². The minimum Gasteiger partial charge on any atom is -0.253 e. The van der Waals surface area contributed by atoms with Crippen LogP contribution in [0.2, 0.25) is 5.15 Å². The predicted molar refractivity (Wildman–Crippen MR) is 69.9 cm³/mol. The van der Waals surface area contributed by atoms with Gasteiger partial charge in [0, 0.05) is 12.1 Å². The Morgan fingerprint density at radius 1 is 1.24 bits per heavy atom. The predicted octanol–water partition coefficient (Wildman–Crippen LogP) is 3.83. The third-order valence-corrected chi connectivity index (χ3v) is 3.98. The number of nitrogens with zero attached hydrogens (tertiary/aromatic N) is 3. The van der Waals surface area contributed by atoms with E-state index in [0.717, 1.165) is 15.9 Å². The molecule has 2 aromatic heterocycles. The molecule has 1 aliphatic rings. The molecule has 0 amide bonds. The molecule has 3 rings (SSSR count). The quantitative estimate of drug-likeness (QED) is 0.791. The molecular formula is C12H9BrClN3. The minimum atomic E-state index is 0.461. The van der Waals surface area contributed by atoms with Gasteiger partial charge in [0.15, 0.2) is 5.82 Å². The van der Waals surface area contributed by atoms with Gasteiger partial charge in [-0.05, 0) is 40.9 Å². The molecule has 0 radical (unpaired) electrons. The van der Waals surface area contributed by atoms with Crippen LogP contribution in [-0.4, -0.2) is 15.0 Å². The monoisotopic (exact) mass is 309 g/mol. The van der Waals surface area contributed by atoms with Gasteiger partial charge in [-0.2, -0.15) is 0 Å². The summed E-state index contributed by atoms with van der Waals surface area (Å²) < 4.78 is 0.821. The van der Waals surface area contributed by atoms with Crippen LogP contribution in [0.15, 0.2) is 28.9 Å². The van der Waals surface area contributed by atoms with E-state index in [2.05, 4.69) is 30.9 Å². The summed E-state index contributed by atoms with van der Waals surface area (Å²) >= 11 is 9.57. The van der Waals surface area contributed by atoms with Gasteiger partial charge >= 0.3 is 0 Å². The molecule has 1 aliphatic carbocycles. The molecule has 0 N–H and O–H groups in total. The molecular weight excluding hydrogens is 302 g/mol.